The Bertz CT molecular complexity index is 1040. The minimum absolute atomic E-state index is 0.0321. The summed E-state index contributed by atoms with van der Waals surface area (Å²) in [6, 6.07) is 7.71. The van der Waals surface area contributed by atoms with Gasteiger partial charge in [-0.25, -0.2) is 0 Å². The van der Waals surface area contributed by atoms with Crippen LogP contribution in [0, 0.1) is 17.0 Å². The first-order valence-electron chi connectivity index (χ1n) is 8.84. The van der Waals surface area contributed by atoms with E-state index in [4.69, 9.17) is 9.15 Å². The fourth-order valence-corrected chi connectivity index (χ4v) is 3.08. The minimum atomic E-state index is -0.443. The lowest BCUT2D eigenvalue weighted by atomic mass is 10.2. The van der Waals surface area contributed by atoms with Gasteiger partial charge >= 0.3 is 0 Å². The number of carbonyl (C=O) groups excluding carboxylic acids is 1. The molecule has 9 nitrogen and oxygen atoms in total. The molecule has 0 aliphatic carbocycles. The number of nitrogens with one attached hydrogen (secondary N) is 1. The Hall–Kier alpha value is -3.14. The van der Waals surface area contributed by atoms with E-state index in [2.05, 4.69) is 26.3 Å². The number of benzene rings is 1. The lowest BCUT2D eigenvalue weighted by molar-refractivity contribution is -0.385. The summed E-state index contributed by atoms with van der Waals surface area (Å²) in [7, 11) is 0. The highest BCUT2D eigenvalue weighted by molar-refractivity contribution is 9.10. The number of halogens is 1. The Morgan fingerprint density at radius 1 is 1.38 bits per heavy atom. The van der Waals surface area contributed by atoms with Crippen LogP contribution >= 0.6 is 15.9 Å². The maximum atomic E-state index is 12.3. The van der Waals surface area contributed by atoms with Gasteiger partial charge in [-0.3, -0.25) is 19.6 Å². The van der Waals surface area contributed by atoms with Gasteiger partial charge in [0.2, 0.25) is 0 Å². The normalized spacial score (nSPS) is 10.7. The molecule has 3 aromatic rings. The van der Waals surface area contributed by atoms with Crippen LogP contribution in [0.1, 0.15) is 34.5 Å². The fraction of sp³-hybridized carbons (Fsp3) is 0.263. The van der Waals surface area contributed by atoms with Crippen molar-refractivity contribution in [2.24, 2.45) is 0 Å². The zero-order chi connectivity index (χ0) is 21.0. The number of nitro benzene ring substituents is 1. The van der Waals surface area contributed by atoms with Crippen LogP contribution in [0.2, 0.25) is 0 Å². The third-order valence-electron chi connectivity index (χ3n) is 4.16. The van der Waals surface area contributed by atoms with Crippen LogP contribution in [0.3, 0.4) is 0 Å². The summed E-state index contributed by atoms with van der Waals surface area (Å²) >= 11 is 3.42. The third-order valence-corrected chi connectivity index (χ3v) is 4.82. The van der Waals surface area contributed by atoms with Crippen molar-refractivity contribution >= 4 is 27.5 Å². The van der Waals surface area contributed by atoms with Gasteiger partial charge in [0, 0.05) is 24.4 Å². The Morgan fingerprint density at radius 3 is 2.83 bits per heavy atom. The first kappa shape index (κ1) is 20.6. The molecule has 0 saturated carbocycles. The van der Waals surface area contributed by atoms with Crippen LogP contribution in [-0.4, -0.2) is 20.6 Å². The first-order chi connectivity index (χ1) is 13.9. The monoisotopic (exact) mass is 462 g/mol. The predicted molar refractivity (Wildman–Crippen MR) is 108 cm³/mol. The molecule has 0 atom stereocenters. The molecular weight excluding hydrogens is 444 g/mol. The molecule has 152 valence electrons. The van der Waals surface area contributed by atoms with Gasteiger partial charge in [-0.15, -0.1) is 0 Å². The van der Waals surface area contributed by atoms with Crippen molar-refractivity contribution in [2.75, 3.05) is 0 Å². The van der Waals surface area contributed by atoms with Crippen LogP contribution in [-0.2, 0) is 19.7 Å². The molecule has 0 fully saturated rings. The third kappa shape index (κ3) is 5.02. The maximum absolute atomic E-state index is 12.3. The lowest BCUT2D eigenvalue weighted by Crippen LogP contribution is -2.22. The van der Waals surface area contributed by atoms with Gasteiger partial charge in [0.15, 0.2) is 5.76 Å². The van der Waals surface area contributed by atoms with E-state index in [0.717, 1.165) is 16.7 Å². The Labute approximate surface area is 174 Å². The molecule has 3 rings (SSSR count). The van der Waals surface area contributed by atoms with E-state index >= 15 is 0 Å². The average molecular weight is 463 g/mol. The van der Waals surface area contributed by atoms with Gasteiger partial charge in [0.1, 0.15) is 18.1 Å². The van der Waals surface area contributed by atoms with Gasteiger partial charge in [-0.2, -0.15) is 5.10 Å². The summed E-state index contributed by atoms with van der Waals surface area (Å²) in [6.45, 7) is 4.72. The van der Waals surface area contributed by atoms with E-state index < -0.39 is 4.92 Å². The predicted octanol–water partition coefficient (Wildman–Crippen LogP) is 3.98. The molecule has 0 aliphatic rings. The first-order valence-corrected chi connectivity index (χ1v) is 9.63. The topological polar surface area (TPSA) is 112 Å². The van der Waals surface area contributed by atoms with E-state index in [-0.39, 0.29) is 30.5 Å². The van der Waals surface area contributed by atoms with Crippen LogP contribution < -0.4 is 10.1 Å². The van der Waals surface area contributed by atoms with Crippen molar-refractivity contribution in [1.29, 1.82) is 0 Å². The summed E-state index contributed by atoms with van der Waals surface area (Å²) < 4.78 is 13.7. The standard InChI is InChI=1S/C19H19BrN4O5/c1-3-23-10-15(20)16(22-23)9-21-19(25)18-7-5-14(29-18)11-28-13-4-6-17(24(26)27)12(2)8-13/h4-8,10H,3,9,11H2,1-2H3,(H,21,25). The van der Waals surface area contributed by atoms with Crippen molar-refractivity contribution in [2.45, 2.75) is 33.5 Å². The molecule has 1 aromatic carbocycles. The average Bonchev–Trinajstić information content (AvgIpc) is 3.30. The van der Waals surface area contributed by atoms with Crippen LogP contribution in [0.15, 0.2) is 45.4 Å². The summed E-state index contributed by atoms with van der Waals surface area (Å²) in [5.74, 6) is 0.740. The number of nitrogens with zero attached hydrogens (tertiary/aromatic N) is 3. The second-order valence-corrected chi connectivity index (χ2v) is 7.08. The quantitative estimate of drug-likeness (QED) is 0.400. The molecule has 29 heavy (non-hydrogen) atoms. The number of hydrogen-bond acceptors (Lipinski definition) is 6. The molecule has 0 unspecified atom stereocenters. The van der Waals surface area contributed by atoms with Crippen molar-refractivity contribution < 1.29 is 18.9 Å². The summed E-state index contributed by atoms with van der Waals surface area (Å²) in [5.41, 5.74) is 1.26. The summed E-state index contributed by atoms with van der Waals surface area (Å²) in [4.78, 5) is 22.7. The van der Waals surface area contributed by atoms with E-state index in [1.54, 1.807) is 29.8 Å². The number of ether oxygens (including phenoxy) is 1. The smallest absolute Gasteiger partial charge is 0.287 e. The number of aryl methyl sites for hydroxylation is 2. The number of hydrogen-bond donors (Lipinski definition) is 1. The molecule has 10 heteroatoms. The van der Waals surface area contributed by atoms with E-state index in [1.807, 2.05) is 13.1 Å². The highest BCUT2D eigenvalue weighted by atomic mass is 79.9. The Balaban J connectivity index is 1.56. The number of furan rings is 1. The second kappa shape index (κ2) is 8.91. The number of carbonyl (C=O) groups is 1. The molecule has 1 amide bonds. The number of nitro groups is 1. The zero-order valence-corrected chi connectivity index (χ0v) is 17.4. The van der Waals surface area contributed by atoms with Crippen LogP contribution in [0.4, 0.5) is 5.69 Å². The molecule has 0 aliphatic heterocycles. The van der Waals surface area contributed by atoms with Gasteiger partial charge in [-0.1, -0.05) is 0 Å². The second-order valence-electron chi connectivity index (χ2n) is 6.22. The number of aromatic nitrogens is 2. The van der Waals surface area contributed by atoms with Gasteiger partial charge < -0.3 is 14.5 Å². The zero-order valence-electron chi connectivity index (χ0n) is 15.8. The molecule has 0 spiro atoms. The molecule has 1 N–H and O–H groups in total. The fourth-order valence-electron chi connectivity index (χ4n) is 2.62. The van der Waals surface area contributed by atoms with E-state index in [1.165, 1.54) is 12.1 Å². The Kier molecular flexibility index (Phi) is 6.32. The van der Waals surface area contributed by atoms with Crippen molar-refractivity contribution in [3.8, 4) is 5.75 Å². The van der Waals surface area contributed by atoms with Crippen LogP contribution in [0.25, 0.3) is 0 Å². The van der Waals surface area contributed by atoms with Gasteiger partial charge in [-0.05, 0) is 54.0 Å². The largest absolute Gasteiger partial charge is 0.486 e. The van der Waals surface area contributed by atoms with E-state index in [9.17, 15) is 14.9 Å². The molecular formula is C19H19BrN4O5. The highest BCUT2D eigenvalue weighted by Crippen LogP contribution is 2.24. The molecule has 2 aromatic heterocycles. The van der Waals surface area contributed by atoms with E-state index in [0.29, 0.717) is 17.1 Å². The minimum Gasteiger partial charge on any atom is -0.486 e. The van der Waals surface area contributed by atoms with Crippen molar-refractivity contribution in [1.82, 2.24) is 15.1 Å². The van der Waals surface area contributed by atoms with Crippen molar-refractivity contribution in [3.05, 3.63) is 73.9 Å². The molecule has 2 heterocycles. The maximum Gasteiger partial charge on any atom is 0.287 e. The van der Waals surface area contributed by atoms with Gasteiger partial charge in [0.05, 0.1) is 21.6 Å². The molecule has 0 saturated heterocycles. The van der Waals surface area contributed by atoms with Crippen molar-refractivity contribution in [3.63, 3.8) is 0 Å². The number of amides is 1. The van der Waals surface area contributed by atoms with Gasteiger partial charge in [0.25, 0.3) is 11.6 Å². The SMILES string of the molecule is CCn1cc(Br)c(CNC(=O)c2ccc(COc3ccc([N+](=O)[O-])c(C)c3)o2)n1. The number of rotatable bonds is 8. The highest BCUT2D eigenvalue weighted by Gasteiger charge is 2.14. The molecule has 0 radical (unpaired) electrons. The Morgan fingerprint density at radius 2 is 2.17 bits per heavy atom. The van der Waals surface area contributed by atoms with Crippen LogP contribution in [0.5, 0.6) is 5.75 Å². The summed E-state index contributed by atoms with van der Waals surface area (Å²) in [6.07, 6.45) is 1.85. The lowest BCUT2D eigenvalue weighted by Gasteiger charge is -2.05. The summed E-state index contributed by atoms with van der Waals surface area (Å²) in [5, 5.41) is 18.0. The molecule has 0 bridgehead atoms.